The van der Waals surface area contributed by atoms with Crippen molar-refractivity contribution in [3.63, 3.8) is 0 Å². The Bertz CT molecular complexity index is 1350. The lowest BCUT2D eigenvalue weighted by atomic mass is 10.1. The average Bonchev–Trinajstić information content (AvgIpc) is 2.98. The molecule has 10 heteroatoms. The van der Waals surface area contributed by atoms with Crippen LogP contribution >= 0.6 is 0 Å². The molecule has 0 saturated carbocycles. The number of methoxy groups -OCH3 is 2. The lowest BCUT2D eigenvalue weighted by Crippen LogP contribution is -2.68. The summed E-state index contributed by atoms with van der Waals surface area (Å²) < 4.78 is 46.7. The summed E-state index contributed by atoms with van der Waals surface area (Å²) in [6, 6.07) is 26.4. The highest BCUT2D eigenvalue weighted by molar-refractivity contribution is 6.16. The summed E-state index contributed by atoms with van der Waals surface area (Å²) in [5.41, 5.74) is 5.22. The van der Waals surface area contributed by atoms with Crippen molar-refractivity contribution in [2.24, 2.45) is 4.99 Å². The number of hydrogen-bond acceptors (Lipinski definition) is 7. The number of halogens is 1. The molecule has 0 fully saturated rings. The molecule has 0 unspecified atom stereocenters. The molecule has 0 N–H and O–H groups in total. The van der Waals surface area contributed by atoms with Crippen molar-refractivity contribution in [3.05, 3.63) is 114 Å². The van der Waals surface area contributed by atoms with Crippen molar-refractivity contribution in [1.82, 2.24) is 4.90 Å². The zero-order valence-corrected chi connectivity index (χ0v) is 25.6. The number of rotatable bonds is 10. The van der Waals surface area contributed by atoms with E-state index in [0.717, 1.165) is 58.5 Å². The minimum absolute atomic E-state index is 0.815. The molecule has 224 valence electrons. The first-order valence-electron chi connectivity index (χ1n) is 13.2. The summed E-state index contributed by atoms with van der Waals surface area (Å²) in [5.74, 6) is 2.55. The second-order valence-corrected chi connectivity index (χ2v) is 9.76. The first-order chi connectivity index (χ1) is 20.0. The number of amidine groups is 1. The second-order valence-electron chi connectivity index (χ2n) is 9.00. The quantitative estimate of drug-likeness (QED) is 0.150. The molecule has 0 aromatic heterocycles. The van der Waals surface area contributed by atoms with Gasteiger partial charge in [-0.2, -0.15) is 0 Å². The van der Waals surface area contributed by atoms with Gasteiger partial charge < -0.3 is 14.4 Å². The number of nitrogens with zero attached hydrogens (tertiary/aromatic N) is 3. The Kier molecular flexibility index (Phi) is 13.9. The highest BCUT2D eigenvalue weighted by Gasteiger charge is 2.16. The molecule has 3 aromatic rings. The summed E-state index contributed by atoms with van der Waals surface area (Å²) in [4.78, 5) is 7.47. The second kappa shape index (κ2) is 17.1. The van der Waals surface area contributed by atoms with Gasteiger partial charge in [0.05, 0.1) is 33.9 Å². The van der Waals surface area contributed by atoms with Gasteiger partial charge >= 0.3 is 5.84 Å². The zero-order valence-electron chi connectivity index (χ0n) is 24.8. The van der Waals surface area contributed by atoms with E-state index in [4.69, 9.17) is 33.1 Å². The minimum Gasteiger partial charge on any atom is -0.497 e. The van der Waals surface area contributed by atoms with Gasteiger partial charge in [0.25, 0.3) is 0 Å². The topological polar surface area (TPSA) is 129 Å². The Morgan fingerprint density at radius 3 is 1.67 bits per heavy atom. The Balaban J connectivity index is 0.00000113. The van der Waals surface area contributed by atoms with E-state index in [1.54, 1.807) is 14.2 Å². The molecular formula is C32H38ClN3O6. The van der Waals surface area contributed by atoms with Crippen LogP contribution in [0.5, 0.6) is 11.5 Å². The van der Waals surface area contributed by atoms with Crippen molar-refractivity contribution >= 4 is 17.2 Å². The van der Waals surface area contributed by atoms with Gasteiger partial charge in [0, 0.05) is 24.4 Å². The van der Waals surface area contributed by atoms with Crippen LogP contribution in [0.1, 0.15) is 30.5 Å². The number of ether oxygens (including phenoxy) is 2. The first-order valence-corrected chi connectivity index (χ1v) is 14.5. The smallest absolute Gasteiger partial charge is 0.325 e. The normalized spacial score (nSPS) is 12.0. The fraction of sp³-hybridized carbons (Fsp3) is 0.250. The van der Waals surface area contributed by atoms with Crippen LogP contribution < -0.4 is 28.1 Å². The molecule has 0 amide bonds. The predicted molar refractivity (Wildman–Crippen MR) is 155 cm³/mol. The van der Waals surface area contributed by atoms with Gasteiger partial charge in [-0.15, -0.1) is 10.2 Å². The summed E-state index contributed by atoms with van der Waals surface area (Å²) in [7, 11) is 2.45. The maximum atomic E-state index is 8.49. The third-order valence-corrected chi connectivity index (χ3v) is 6.07. The van der Waals surface area contributed by atoms with Crippen molar-refractivity contribution in [3.8, 4) is 11.5 Å². The van der Waals surface area contributed by atoms with E-state index >= 15 is 0 Å². The van der Waals surface area contributed by atoms with E-state index < -0.39 is 10.2 Å². The van der Waals surface area contributed by atoms with Crippen LogP contribution in [0.25, 0.3) is 5.70 Å². The van der Waals surface area contributed by atoms with Gasteiger partial charge in [-0.1, -0.05) is 24.3 Å². The third kappa shape index (κ3) is 11.5. The average molecular weight is 596 g/mol. The van der Waals surface area contributed by atoms with Gasteiger partial charge in [-0.25, -0.2) is 18.6 Å². The highest BCUT2D eigenvalue weighted by Crippen LogP contribution is 2.22. The Morgan fingerprint density at radius 1 is 0.762 bits per heavy atom. The summed E-state index contributed by atoms with van der Waals surface area (Å²) >= 11 is 0. The molecular weight excluding hydrogens is 558 g/mol. The molecule has 0 saturated heterocycles. The van der Waals surface area contributed by atoms with E-state index in [0.29, 0.717) is 0 Å². The Morgan fingerprint density at radius 2 is 1.24 bits per heavy atom. The SMILES string of the molecule is CCN(CC)/C(=C\C=C\C(=NC(c1ccccc1)=[N+](C)C)c1ccc(OC)cc1)c1ccc(OC)cc1.[O-][Cl+3]([O-])([O-])[O-]. The van der Waals surface area contributed by atoms with Gasteiger partial charge in [-0.3, -0.25) is 4.58 Å². The van der Waals surface area contributed by atoms with E-state index in [2.05, 4.69) is 61.2 Å². The van der Waals surface area contributed by atoms with Crippen LogP contribution in [0, 0.1) is 10.2 Å². The van der Waals surface area contributed by atoms with E-state index in [1.165, 1.54) is 0 Å². The molecule has 9 nitrogen and oxygen atoms in total. The molecule has 0 radical (unpaired) electrons. The van der Waals surface area contributed by atoms with Crippen LogP contribution in [0.15, 0.2) is 102 Å². The molecule has 0 bridgehead atoms. The van der Waals surface area contributed by atoms with Gasteiger partial charge in [0.1, 0.15) is 11.5 Å². The molecule has 3 rings (SSSR count). The molecule has 0 aliphatic heterocycles. The Hall–Kier alpha value is -3.99. The van der Waals surface area contributed by atoms with Gasteiger partial charge in [-0.05, 0) is 97.2 Å². The van der Waals surface area contributed by atoms with Crippen LogP contribution in [0.2, 0.25) is 0 Å². The fourth-order valence-electron chi connectivity index (χ4n) is 4.02. The maximum absolute atomic E-state index is 8.49. The monoisotopic (exact) mass is 595 g/mol. The molecule has 0 atom stereocenters. The van der Waals surface area contributed by atoms with Crippen molar-refractivity contribution < 1.29 is 42.9 Å². The van der Waals surface area contributed by atoms with Crippen molar-refractivity contribution in [2.75, 3.05) is 41.4 Å². The predicted octanol–water partition coefficient (Wildman–Crippen LogP) is 1.39. The zero-order chi connectivity index (χ0) is 31.1. The van der Waals surface area contributed by atoms with Crippen LogP contribution in [0.4, 0.5) is 0 Å². The number of aliphatic imine (C=N–C) groups is 1. The Labute approximate surface area is 250 Å². The lowest BCUT2D eigenvalue weighted by molar-refractivity contribution is -2.00. The summed E-state index contributed by atoms with van der Waals surface area (Å²) in [6.45, 7) is 6.17. The molecule has 42 heavy (non-hydrogen) atoms. The van der Waals surface area contributed by atoms with E-state index in [-0.39, 0.29) is 0 Å². The number of allylic oxidation sites excluding steroid dienone is 3. The lowest BCUT2D eigenvalue weighted by Gasteiger charge is -2.24. The largest absolute Gasteiger partial charge is 0.497 e. The highest BCUT2D eigenvalue weighted by atomic mass is 35.7. The molecule has 0 aliphatic rings. The standard InChI is InChI=1S/C32H38N3O2.ClHO4/c1-7-35(8-2)31(26-19-23-29(37-6)24-20-26)16-12-15-30(25-17-21-28(36-5)22-18-25)33-32(34(3)4)27-13-10-9-11-14-27;2-1(3,4)5/h9-24H,7-8H2,1-6H3;(H,2,3,4,5)/q+1;/p-1. The number of benzene rings is 3. The minimum atomic E-state index is -4.94. The molecule has 0 aliphatic carbocycles. The van der Waals surface area contributed by atoms with Crippen LogP contribution in [-0.2, 0) is 0 Å². The maximum Gasteiger partial charge on any atom is 0.325 e. The van der Waals surface area contributed by atoms with Crippen molar-refractivity contribution in [2.45, 2.75) is 13.8 Å². The third-order valence-electron chi connectivity index (χ3n) is 6.07. The van der Waals surface area contributed by atoms with Gasteiger partial charge in [0.15, 0.2) is 5.71 Å². The summed E-state index contributed by atoms with van der Waals surface area (Å²) in [5, 5.41) is 0. The van der Waals surface area contributed by atoms with Crippen molar-refractivity contribution in [1.29, 1.82) is 0 Å². The van der Waals surface area contributed by atoms with Crippen LogP contribution in [0.3, 0.4) is 0 Å². The number of hydrogen-bond donors (Lipinski definition) is 0. The van der Waals surface area contributed by atoms with Gasteiger partial charge in [0.2, 0.25) is 0 Å². The molecule has 0 heterocycles. The first kappa shape index (κ1) is 34.2. The summed E-state index contributed by atoms with van der Waals surface area (Å²) in [6.07, 6.45) is 6.31. The van der Waals surface area contributed by atoms with E-state index in [9.17, 15) is 0 Å². The van der Waals surface area contributed by atoms with E-state index in [1.807, 2.05) is 73.3 Å². The van der Waals surface area contributed by atoms with Crippen LogP contribution in [-0.4, -0.2) is 62.4 Å². The molecule has 3 aromatic carbocycles. The fourth-order valence-corrected chi connectivity index (χ4v) is 4.02. The molecule has 0 spiro atoms.